The summed E-state index contributed by atoms with van der Waals surface area (Å²) in [5.41, 5.74) is 2.12. The number of ether oxygens (including phenoxy) is 1. The van der Waals surface area contributed by atoms with E-state index in [4.69, 9.17) is 16.3 Å². The number of nitrogens with one attached hydrogen (secondary N) is 2. The first kappa shape index (κ1) is 22.8. The fraction of sp³-hybridized carbons (Fsp3) is 0.238. The van der Waals surface area contributed by atoms with Gasteiger partial charge in [-0.1, -0.05) is 23.7 Å². The summed E-state index contributed by atoms with van der Waals surface area (Å²) in [6.07, 6.45) is 2.75. The summed E-state index contributed by atoms with van der Waals surface area (Å²) in [6, 6.07) is 12.3. The minimum Gasteiger partial charge on any atom is -0.378 e. The van der Waals surface area contributed by atoms with E-state index in [1.807, 2.05) is 18.2 Å². The molecule has 2 heterocycles. The third-order valence-electron chi connectivity index (χ3n) is 4.84. The van der Waals surface area contributed by atoms with Crippen molar-refractivity contribution in [3.05, 3.63) is 58.2 Å². The van der Waals surface area contributed by atoms with Crippen LogP contribution in [0.25, 0.3) is 0 Å². The number of hydrogen-bond donors (Lipinski definition) is 2. The smallest absolute Gasteiger partial charge is 0.229 e. The van der Waals surface area contributed by atoms with Crippen LogP contribution < -0.4 is 15.5 Å². The molecule has 2 N–H and O–H groups in total. The Bertz CT molecular complexity index is 1240. The van der Waals surface area contributed by atoms with Gasteiger partial charge in [0.1, 0.15) is 5.82 Å². The number of anilines is 5. The Kier molecular flexibility index (Phi) is 6.85. The first-order chi connectivity index (χ1) is 15.3. The van der Waals surface area contributed by atoms with Gasteiger partial charge in [0.25, 0.3) is 0 Å². The Hall–Kier alpha value is -2.40. The second-order valence-corrected chi connectivity index (χ2v) is 10.4. The highest BCUT2D eigenvalue weighted by molar-refractivity contribution is 9.10. The lowest BCUT2D eigenvalue weighted by molar-refractivity contribution is 0.122. The molecule has 0 atom stereocenters. The van der Waals surface area contributed by atoms with Gasteiger partial charge in [-0.3, -0.25) is 0 Å². The average molecular weight is 539 g/mol. The number of para-hydroxylation sites is 1. The molecule has 0 spiro atoms. The number of rotatable bonds is 6. The maximum Gasteiger partial charge on any atom is 0.229 e. The summed E-state index contributed by atoms with van der Waals surface area (Å²) in [6.45, 7) is 2.96. The van der Waals surface area contributed by atoms with Gasteiger partial charge in [-0.15, -0.1) is 0 Å². The van der Waals surface area contributed by atoms with Gasteiger partial charge in [-0.2, -0.15) is 4.98 Å². The van der Waals surface area contributed by atoms with Crippen LogP contribution in [0.2, 0.25) is 5.02 Å². The summed E-state index contributed by atoms with van der Waals surface area (Å²) in [7, 11) is -3.41. The zero-order valence-electron chi connectivity index (χ0n) is 17.2. The molecule has 8 nitrogen and oxygen atoms in total. The molecule has 0 bridgehead atoms. The minimum absolute atomic E-state index is 0.186. The predicted molar refractivity (Wildman–Crippen MR) is 130 cm³/mol. The van der Waals surface area contributed by atoms with Gasteiger partial charge in [-0.25, -0.2) is 13.4 Å². The lowest BCUT2D eigenvalue weighted by Crippen LogP contribution is -2.36. The predicted octanol–water partition coefficient (Wildman–Crippen LogP) is 4.62. The molecule has 1 fully saturated rings. The molecule has 3 aromatic rings. The van der Waals surface area contributed by atoms with Crippen molar-refractivity contribution in [3.8, 4) is 0 Å². The van der Waals surface area contributed by atoms with E-state index in [2.05, 4.69) is 41.4 Å². The molecule has 32 heavy (non-hydrogen) atoms. The van der Waals surface area contributed by atoms with Crippen LogP contribution in [0, 0.1) is 0 Å². The topological polar surface area (TPSA) is 96.5 Å². The molecule has 168 valence electrons. The molecule has 1 aliphatic heterocycles. The molecule has 4 rings (SSSR count). The first-order valence-corrected chi connectivity index (χ1v) is 12.9. The number of halogens is 2. The van der Waals surface area contributed by atoms with Gasteiger partial charge >= 0.3 is 0 Å². The first-order valence-electron chi connectivity index (χ1n) is 9.79. The van der Waals surface area contributed by atoms with Crippen LogP contribution in [-0.4, -0.2) is 50.9 Å². The maximum atomic E-state index is 12.1. The molecule has 2 aromatic carbocycles. The second-order valence-electron chi connectivity index (χ2n) is 7.17. The third-order valence-corrected chi connectivity index (χ3v) is 6.88. The van der Waals surface area contributed by atoms with Crippen LogP contribution in [0.1, 0.15) is 0 Å². The summed E-state index contributed by atoms with van der Waals surface area (Å²) in [5, 5.41) is 6.84. The van der Waals surface area contributed by atoms with E-state index >= 15 is 0 Å². The molecule has 11 heteroatoms. The van der Waals surface area contributed by atoms with E-state index in [1.165, 1.54) is 6.26 Å². The highest BCUT2D eigenvalue weighted by atomic mass is 79.9. The van der Waals surface area contributed by atoms with Crippen molar-refractivity contribution in [2.75, 3.05) is 48.1 Å². The van der Waals surface area contributed by atoms with E-state index < -0.39 is 9.84 Å². The number of nitrogens with zero attached hydrogens (tertiary/aromatic N) is 3. The van der Waals surface area contributed by atoms with Crippen LogP contribution in [0.15, 0.2) is 58.0 Å². The largest absolute Gasteiger partial charge is 0.378 e. The highest BCUT2D eigenvalue weighted by Crippen LogP contribution is 2.32. The van der Waals surface area contributed by atoms with Crippen molar-refractivity contribution >= 4 is 66.2 Å². The van der Waals surface area contributed by atoms with Crippen LogP contribution in [-0.2, 0) is 14.6 Å². The number of sulfone groups is 1. The van der Waals surface area contributed by atoms with E-state index in [9.17, 15) is 8.42 Å². The lowest BCUT2D eigenvalue weighted by atomic mass is 10.2. The standard InChI is InChI=1S/C21H21BrClN5O3S/c1-32(29,30)19-5-3-2-4-17(19)26-20-15(22)13-24-21(27-20)25-14-6-7-18(16(23)12-14)28-8-10-31-11-9-28/h2-7,12-13H,8-11H2,1H3,(H2,24,25,26,27). The van der Waals surface area contributed by atoms with Gasteiger partial charge < -0.3 is 20.3 Å². The molecule has 0 amide bonds. The Balaban J connectivity index is 1.56. The SMILES string of the molecule is CS(=O)(=O)c1ccccc1Nc1nc(Nc2ccc(N3CCOCC3)c(Cl)c2)ncc1Br. The van der Waals surface area contributed by atoms with Crippen molar-refractivity contribution < 1.29 is 13.2 Å². The van der Waals surface area contributed by atoms with E-state index in [0.717, 1.165) is 24.5 Å². The molecule has 0 radical (unpaired) electrons. The molecule has 1 aliphatic rings. The summed E-state index contributed by atoms with van der Waals surface area (Å²) >= 11 is 9.92. The number of benzene rings is 2. The van der Waals surface area contributed by atoms with Crippen LogP contribution in [0.4, 0.5) is 28.8 Å². The average Bonchev–Trinajstić information content (AvgIpc) is 2.76. The van der Waals surface area contributed by atoms with Crippen molar-refractivity contribution in [1.29, 1.82) is 0 Å². The fourth-order valence-electron chi connectivity index (χ4n) is 3.31. The van der Waals surface area contributed by atoms with Gasteiger partial charge in [0.15, 0.2) is 9.84 Å². The Morgan fingerprint density at radius 2 is 1.88 bits per heavy atom. The normalized spacial score (nSPS) is 14.3. The highest BCUT2D eigenvalue weighted by Gasteiger charge is 2.16. The van der Waals surface area contributed by atoms with Gasteiger partial charge in [-0.05, 0) is 46.3 Å². The Morgan fingerprint density at radius 3 is 2.59 bits per heavy atom. The summed E-state index contributed by atoms with van der Waals surface area (Å²) < 4.78 is 30.2. The van der Waals surface area contributed by atoms with Crippen molar-refractivity contribution in [3.63, 3.8) is 0 Å². The fourth-order valence-corrected chi connectivity index (χ4v) is 4.74. The molecule has 0 unspecified atom stereocenters. The molecule has 0 saturated carbocycles. The van der Waals surface area contributed by atoms with E-state index in [0.29, 0.717) is 40.2 Å². The van der Waals surface area contributed by atoms with Crippen LogP contribution in [0.5, 0.6) is 0 Å². The van der Waals surface area contributed by atoms with Crippen LogP contribution in [0.3, 0.4) is 0 Å². The number of hydrogen-bond acceptors (Lipinski definition) is 8. The lowest BCUT2D eigenvalue weighted by Gasteiger charge is -2.29. The molecule has 0 aliphatic carbocycles. The van der Waals surface area contributed by atoms with Gasteiger partial charge in [0.2, 0.25) is 5.95 Å². The monoisotopic (exact) mass is 537 g/mol. The van der Waals surface area contributed by atoms with Gasteiger partial charge in [0, 0.05) is 31.2 Å². The maximum absolute atomic E-state index is 12.1. The number of morpholine rings is 1. The molecular weight excluding hydrogens is 518 g/mol. The molecule has 1 aromatic heterocycles. The minimum atomic E-state index is -3.41. The van der Waals surface area contributed by atoms with Crippen molar-refractivity contribution in [2.45, 2.75) is 4.90 Å². The summed E-state index contributed by atoms with van der Waals surface area (Å²) in [5.74, 6) is 0.761. The van der Waals surface area contributed by atoms with Crippen molar-refractivity contribution in [1.82, 2.24) is 9.97 Å². The van der Waals surface area contributed by atoms with E-state index in [1.54, 1.807) is 30.5 Å². The Morgan fingerprint density at radius 1 is 1.12 bits per heavy atom. The summed E-state index contributed by atoms with van der Waals surface area (Å²) in [4.78, 5) is 11.1. The second kappa shape index (κ2) is 9.62. The quantitative estimate of drug-likeness (QED) is 0.469. The van der Waals surface area contributed by atoms with Crippen molar-refractivity contribution in [2.24, 2.45) is 0 Å². The third kappa shape index (κ3) is 5.32. The van der Waals surface area contributed by atoms with E-state index in [-0.39, 0.29) is 4.90 Å². The number of aromatic nitrogens is 2. The van der Waals surface area contributed by atoms with Crippen LogP contribution >= 0.6 is 27.5 Å². The molecule has 1 saturated heterocycles. The Labute approximate surface area is 200 Å². The van der Waals surface area contributed by atoms with Gasteiger partial charge in [0.05, 0.1) is 39.0 Å². The zero-order valence-corrected chi connectivity index (χ0v) is 20.3. The molecular formula is C21H21BrClN5O3S. The zero-order chi connectivity index (χ0) is 22.7.